The molecule has 7 heteroatoms. The summed E-state index contributed by atoms with van der Waals surface area (Å²) >= 11 is 12.4. The molecule has 5 nitrogen and oxygen atoms in total. The highest BCUT2D eigenvalue weighted by atomic mass is 35.5. The average molecular weight is 478 g/mol. The number of nitrogens with zero attached hydrogens (tertiary/aromatic N) is 1. The molecule has 1 amide bonds. The van der Waals surface area contributed by atoms with E-state index in [1.54, 1.807) is 11.9 Å². The molecule has 0 aliphatic heterocycles. The lowest BCUT2D eigenvalue weighted by Gasteiger charge is -2.38. The maximum absolute atomic E-state index is 12.8. The van der Waals surface area contributed by atoms with Gasteiger partial charge < -0.3 is 14.4 Å². The Hall–Kier alpha value is -2.24. The third-order valence-electron chi connectivity index (χ3n) is 5.69. The van der Waals surface area contributed by atoms with E-state index >= 15 is 0 Å². The Labute approximate surface area is 199 Å². The Morgan fingerprint density at radius 1 is 1.03 bits per heavy atom. The van der Waals surface area contributed by atoms with E-state index < -0.39 is 5.60 Å². The zero-order valence-electron chi connectivity index (χ0n) is 19.1. The molecule has 172 valence electrons. The van der Waals surface area contributed by atoms with Crippen LogP contribution in [0.5, 0.6) is 0 Å². The van der Waals surface area contributed by atoms with Crippen LogP contribution < -0.4 is 0 Å². The van der Waals surface area contributed by atoms with Crippen LogP contribution in [0.15, 0.2) is 36.4 Å². The Bertz CT molecular complexity index is 1020. The number of carbonyl (C=O) groups excluding carboxylic acids is 2. The predicted molar refractivity (Wildman–Crippen MR) is 126 cm³/mol. The van der Waals surface area contributed by atoms with Crippen molar-refractivity contribution >= 4 is 35.3 Å². The van der Waals surface area contributed by atoms with Crippen LogP contribution in [-0.4, -0.2) is 36.7 Å². The maximum Gasteiger partial charge on any atom is 0.410 e. The highest BCUT2D eigenvalue weighted by molar-refractivity contribution is 6.42. The minimum Gasteiger partial charge on any atom is -0.469 e. The van der Waals surface area contributed by atoms with Gasteiger partial charge in [-0.05, 0) is 68.0 Å². The van der Waals surface area contributed by atoms with Crippen LogP contribution in [-0.2, 0) is 20.7 Å². The van der Waals surface area contributed by atoms with Gasteiger partial charge in [0.15, 0.2) is 0 Å². The first-order valence-electron chi connectivity index (χ1n) is 10.6. The number of hydrogen-bond donors (Lipinski definition) is 0. The van der Waals surface area contributed by atoms with Gasteiger partial charge >= 0.3 is 12.1 Å². The van der Waals surface area contributed by atoms with Crippen LogP contribution in [0.3, 0.4) is 0 Å². The van der Waals surface area contributed by atoms with Gasteiger partial charge in [-0.25, -0.2) is 4.79 Å². The Kier molecular flexibility index (Phi) is 7.41. The molecule has 0 spiro atoms. The molecular weight excluding hydrogens is 449 g/mol. The molecule has 1 aliphatic carbocycles. The van der Waals surface area contributed by atoms with Crippen molar-refractivity contribution in [3.05, 3.63) is 68.7 Å². The van der Waals surface area contributed by atoms with Crippen molar-refractivity contribution in [2.45, 2.75) is 57.6 Å². The third kappa shape index (κ3) is 5.57. The van der Waals surface area contributed by atoms with Gasteiger partial charge in [0.1, 0.15) is 5.60 Å². The zero-order valence-corrected chi connectivity index (χ0v) is 20.6. The Balaban J connectivity index is 2.02. The third-order valence-corrected chi connectivity index (χ3v) is 6.42. The summed E-state index contributed by atoms with van der Waals surface area (Å²) in [6, 6.07) is 11.5. The van der Waals surface area contributed by atoms with Crippen LogP contribution in [0.2, 0.25) is 10.0 Å². The molecule has 0 saturated heterocycles. The summed E-state index contributed by atoms with van der Waals surface area (Å²) in [6.45, 7) is 5.55. The lowest BCUT2D eigenvalue weighted by molar-refractivity contribution is -0.139. The minimum atomic E-state index is -0.585. The number of hydrogen-bond acceptors (Lipinski definition) is 4. The number of methoxy groups -OCH3 is 1. The van der Waals surface area contributed by atoms with Gasteiger partial charge in [0.2, 0.25) is 0 Å². The average Bonchev–Trinajstić information content (AvgIpc) is 2.73. The van der Waals surface area contributed by atoms with Gasteiger partial charge in [0, 0.05) is 13.0 Å². The van der Waals surface area contributed by atoms with Crippen molar-refractivity contribution in [1.29, 1.82) is 0 Å². The first-order valence-corrected chi connectivity index (χ1v) is 11.4. The van der Waals surface area contributed by atoms with Crippen LogP contribution in [0.1, 0.15) is 67.8 Å². The number of fused-ring (bicyclic) bond motifs is 1. The molecule has 0 N–H and O–H groups in total. The fourth-order valence-electron chi connectivity index (χ4n) is 4.15. The molecule has 0 aromatic heterocycles. The largest absolute Gasteiger partial charge is 0.469 e. The summed E-state index contributed by atoms with van der Waals surface area (Å²) in [5.74, 6) is -0.200. The fraction of sp³-hybridized carbons (Fsp3) is 0.440. The van der Waals surface area contributed by atoms with Crippen molar-refractivity contribution in [3.8, 4) is 0 Å². The van der Waals surface area contributed by atoms with Crippen LogP contribution >= 0.6 is 23.2 Å². The predicted octanol–water partition coefficient (Wildman–Crippen LogP) is 6.54. The first-order chi connectivity index (χ1) is 15.0. The Morgan fingerprint density at radius 2 is 1.75 bits per heavy atom. The molecule has 3 rings (SSSR count). The normalized spacial score (nSPS) is 18.0. The van der Waals surface area contributed by atoms with Gasteiger partial charge in [0.05, 0.1) is 29.6 Å². The van der Waals surface area contributed by atoms with Crippen LogP contribution in [0.25, 0.3) is 0 Å². The Morgan fingerprint density at radius 3 is 2.38 bits per heavy atom. The maximum atomic E-state index is 12.8. The number of halogens is 2. The van der Waals surface area contributed by atoms with E-state index in [0.29, 0.717) is 10.0 Å². The van der Waals surface area contributed by atoms with E-state index in [1.165, 1.54) is 7.11 Å². The van der Waals surface area contributed by atoms with E-state index in [9.17, 15) is 9.59 Å². The summed E-state index contributed by atoms with van der Waals surface area (Å²) in [5.41, 5.74) is 3.43. The summed E-state index contributed by atoms with van der Waals surface area (Å²) in [4.78, 5) is 26.3. The number of carbonyl (C=O) groups is 2. The second kappa shape index (κ2) is 9.72. The van der Waals surface area contributed by atoms with Crippen molar-refractivity contribution in [3.63, 3.8) is 0 Å². The topological polar surface area (TPSA) is 55.8 Å². The van der Waals surface area contributed by atoms with Crippen molar-refractivity contribution in [1.82, 2.24) is 4.90 Å². The van der Waals surface area contributed by atoms with E-state index in [-0.39, 0.29) is 30.4 Å². The van der Waals surface area contributed by atoms with Gasteiger partial charge in [-0.15, -0.1) is 0 Å². The van der Waals surface area contributed by atoms with E-state index in [1.807, 2.05) is 57.2 Å². The highest BCUT2D eigenvalue weighted by Crippen LogP contribution is 2.45. The summed E-state index contributed by atoms with van der Waals surface area (Å²) in [7, 11) is 3.13. The van der Waals surface area contributed by atoms with Gasteiger partial charge in [-0.3, -0.25) is 4.79 Å². The van der Waals surface area contributed by atoms with Gasteiger partial charge in [0.25, 0.3) is 0 Å². The highest BCUT2D eigenvalue weighted by Gasteiger charge is 2.34. The summed E-state index contributed by atoms with van der Waals surface area (Å²) in [5, 5.41) is 1.03. The van der Waals surface area contributed by atoms with Crippen LogP contribution in [0, 0.1) is 0 Å². The van der Waals surface area contributed by atoms with Crippen molar-refractivity contribution in [2.75, 3.05) is 14.2 Å². The number of benzene rings is 2. The molecule has 1 aliphatic rings. The smallest absolute Gasteiger partial charge is 0.410 e. The standard InChI is InChI=1S/C25H29Cl2NO4/c1-25(2,3)32-24(30)28(4)22-11-9-17(16-7-10-20(26)21(27)14-16)18-8-6-15(12-19(18)22)13-23(29)31-5/h6-8,10,12,14,17,22H,9,11,13H2,1-5H3/t17-,22-/m0/s1. The molecule has 2 atom stereocenters. The first kappa shape index (κ1) is 24.4. The summed E-state index contributed by atoms with van der Waals surface area (Å²) in [6.07, 6.45) is 1.37. The second-order valence-corrected chi connectivity index (χ2v) is 9.94. The molecule has 32 heavy (non-hydrogen) atoms. The molecule has 0 heterocycles. The molecule has 2 aromatic rings. The second-order valence-electron chi connectivity index (χ2n) is 9.13. The lowest BCUT2D eigenvalue weighted by Crippen LogP contribution is -2.38. The van der Waals surface area contributed by atoms with Crippen molar-refractivity contribution < 1.29 is 19.1 Å². The molecule has 0 bridgehead atoms. The minimum absolute atomic E-state index is 0.107. The lowest BCUT2D eigenvalue weighted by atomic mass is 9.75. The monoisotopic (exact) mass is 477 g/mol. The summed E-state index contributed by atoms with van der Waals surface area (Å²) < 4.78 is 10.4. The number of esters is 1. The molecule has 0 fully saturated rings. The zero-order chi connectivity index (χ0) is 23.6. The molecule has 0 unspecified atom stereocenters. The molecule has 2 aromatic carbocycles. The SMILES string of the molecule is COC(=O)Cc1ccc2c(c1)[C@@H](N(C)C(=O)OC(C)(C)C)CC[C@H]2c1ccc(Cl)c(Cl)c1. The molecule has 0 saturated carbocycles. The molecular formula is C25H29Cl2NO4. The van der Waals surface area contributed by atoms with Crippen molar-refractivity contribution in [2.24, 2.45) is 0 Å². The number of rotatable bonds is 4. The fourth-order valence-corrected chi connectivity index (χ4v) is 4.46. The van der Waals surface area contributed by atoms with Gasteiger partial charge in [-0.1, -0.05) is 47.5 Å². The van der Waals surface area contributed by atoms with E-state index in [4.69, 9.17) is 32.7 Å². The molecule has 0 radical (unpaired) electrons. The van der Waals surface area contributed by atoms with Crippen LogP contribution in [0.4, 0.5) is 4.79 Å². The number of amides is 1. The van der Waals surface area contributed by atoms with E-state index in [0.717, 1.165) is 35.1 Å². The number of ether oxygens (including phenoxy) is 2. The van der Waals surface area contributed by atoms with Gasteiger partial charge in [-0.2, -0.15) is 0 Å². The quantitative estimate of drug-likeness (QED) is 0.468. The van der Waals surface area contributed by atoms with E-state index in [2.05, 4.69) is 0 Å².